The van der Waals surface area contributed by atoms with Crippen LogP contribution in [0.25, 0.3) is 11.3 Å². The predicted molar refractivity (Wildman–Crippen MR) is 93.1 cm³/mol. The van der Waals surface area contributed by atoms with Crippen LogP contribution < -0.4 is 10.2 Å². The van der Waals surface area contributed by atoms with Gasteiger partial charge in [-0.2, -0.15) is 0 Å². The predicted octanol–water partition coefficient (Wildman–Crippen LogP) is 4.15. The molecule has 0 amide bonds. The summed E-state index contributed by atoms with van der Waals surface area (Å²) >= 11 is 1.81. The van der Waals surface area contributed by atoms with Crippen LogP contribution in [0, 0.1) is 0 Å². The zero-order chi connectivity index (χ0) is 15.2. The third kappa shape index (κ3) is 3.83. The van der Waals surface area contributed by atoms with E-state index in [4.69, 9.17) is 4.98 Å². The molecule has 0 spiro atoms. The fourth-order valence-corrected chi connectivity index (χ4v) is 3.61. The number of hydrogen-bond donors (Lipinski definition) is 1. The van der Waals surface area contributed by atoms with E-state index in [2.05, 4.69) is 62.2 Å². The van der Waals surface area contributed by atoms with Crippen molar-refractivity contribution in [1.82, 2.24) is 10.3 Å². The van der Waals surface area contributed by atoms with E-state index in [1.807, 2.05) is 17.4 Å². The molecule has 0 aliphatic carbocycles. The molecular formula is C17H25N3S. The number of anilines is 1. The van der Waals surface area contributed by atoms with Crippen LogP contribution in [-0.4, -0.2) is 24.1 Å². The summed E-state index contributed by atoms with van der Waals surface area (Å²) in [7, 11) is 0. The summed E-state index contributed by atoms with van der Waals surface area (Å²) in [5.74, 6) is 0. The molecule has 1 aromatic heterocycles. The summed E-state index contributed by atoms with van der Waals surface area (Å²) in [5.41, 5.74) is 2.32. The van der Waals surface area contributed by atoms with Crippen LogP contribution >= 0.6 is 11.3 Å². The second-order valence-electron chi connectivity index (χ2n) is 5.29. The second-order valence-corrected chi connectivity index (χ2v) is 6.36. The Labute approximate surface area is 132 Å². The molecule has 114 valence electrons. The van der Waals surface area contributed by atoms with Crippen molar-refractivity contribution in [2.24, 2.45) is 0 Å². The van der Waals surface area contributed by atoms with E-state index < -0.39 is 0 Å². The first-order chi connectivity index (χ1) is 10.2. The highest BCUT2D eigenvalue weighted by Gasteiger charge is 2.18. The molecule has 0 bridgehead atoms. The Balaban J connectivity index is 2.40. The lowest BCUT2D eigenvalue weighted by Gasteiger charge is -2.24. The zero-order valence-electron chi connectivity index (χ0n) is 13.4. The minimum Gasteiger partial charge on any atom is -0.346 e. The standard InChI is InChI=1S/C17H25N3S/c1-5-18-12-15-16(14-10-8-7-9-11-14)19-17(21-15)20(6-2)13(3)4/h7-11,13,18H,5-6,12H2,1-4H3. The maximum absolute atomic E-state index is 4.93. The fourth-order valence-electron chi connectivity index (χ4n) is 2.36. The van der Waals surface area contributed by atoms with Crippen LogP contribution in [0.1, 0.15) is 32.6 Å². The SMILES string of the molecule is CCNCc1sc(N(CC)C(C)C)nc1-c1ccccc1. The van der Waals surface area contributed by atoms with Gasteiger partial charge in [-0.3, -0.25) is 0 Å². The third-order valence-corrected chi connectivity index (χ3v) is 4.57. The number of aromatic nitrogens is 1. The van der Waals surface area contributed by atoms with E-state index in [1.165, 1.54) is 10.4 Å². The normalized spacial score (nSPS) is 11.1. The van der Waals surface area contributed by atoms with Gasteiger partial charge in [-0.25, -0.2) is 4.98 Å². The van der Waals surface area contributed by atoms with Crippen molar-refractivity contribution in [2.45, 2.75) is 40.3 Å². The first kappa shape index (κ1) is 16.0. The number of benzene rings is 1. The second kappa shape index (κ2) is 7.57. The molecule has 0 aliphatic rings. The summed E-state index contributed by atoms with van der Waals surface area (Å²) in [6.45, 7) is 11.6. The number of thiazole rings is 1. The fraction of sp³-hybridized carbons (Fsp3) is 0.471. The number of nitrogens with one attached hydrogen (secondary N) is 1. The number of nitrogens with zero attached hydrogens (tertiary/aromatic N) is 2. The molecule has 4 heteroatoms. The lowest BCUT2D eigenvalue weighted by atomic mass is 10.1. The zero-order valence-corrected chi connectivity index (χ0v) is 14.2. The van der Waals surface area contributed by atoms with Gasteiger partial charge in [0, 0.05) is 29.6 Å². The molecular weight excluding hydrogens is 278 g/mol. The summed E-state index contributed by atoms with van der Waals surface area (Å²) in [4.78, 5) is 8.60. The molecule has 1 heterocycles. The molecule has 2 aromatic rings. The van der Waals surface area contributed by atoms with Gasteiger partial charge in [0.25, 0.3) is 0 Å². The van der Waals surface area contributed by atoms with Gasteiger partial charge in [0.05, 0.1) is 5.69 Å². The first-order valence-electron chi connectivity index (χ1n) is 7.69. The number of rotatable bonds is 7. The van der Waals surface area contributed by atoms with Gasteiger partial charge < -0.3 is 10.2 Å². The maximum Gasteiger partial charge on any atom is 0.186 e. The van der Waals surface area contributed by atoms with Crippen LogP contribution in [-0.2, 0) is 6.54 Å². The van der Waals surface area contributed by atoms with Gasteiger partial charge in [-0.15, -0.1) is 0 Å². The highest BCUT2D eigenvalue weighted by molar-refractivity contribution is 7.16. The van der Waals surface area contributed by atoms with Gasteiger partial charge >= 0.3 is 0 Å². The molecule has 1 N–H and O–H groups in total. The smallest absolute Gasteiger partial charge is 0.186 e. The molecule has 0 aliphatic heterocycles. The molecule has 0 fully saturated rings. The van der Waals surface area contributed by atoms with E-state index in [-0.39, 0.29) is 0 Å². The number of hydrogen-bond acceptors (Lipinski definition) is 4. The molecule has 0 radical (unpaired) electrons. The van der Waals surface area contributed by atoms with E-state index in [1.54, 1.807) is 0 Å². The minimum absolute atomic E-state index is 0.469. The topological polar surface area (TPSA) is 28.2 Å². The maximum atomic E-state index is 4.93. The molecule has 1 aromatic carbocycles. The molecule has 0 atom stereocenters. The summed E-state index contributed by atoms with van der Waals surface area (Å²) in [6.07, 6.45) is 0. The van der Waals surface area contributed by atoms with Crippen LogP contribution in [0.5, 0.6) is 0 Å². The molecule has 0 unspecified atom stereocenters. The van der Waals surface area contributed by atoms with Gasteiger partial charge in [0.2, 0.25) is 0 Å². The van der Waals surface area contributed by atoms with Crippen molar-refractivity contribution in [3.63, 3.8) is 0 Å². The summed E-state index contributed by atoms with van der Waals surface area (Å²) in [5, 5.41) is 4.55. The lowest BCUT2D eigenvalue weighted by Crippen LogP contribution is -2.30. The molecule has 0 saturated heterocycles. The van der Waals surface area contributed by atoms with Crippen LogP contribution in [0.4, 0.5) is 5.13 Å². The van der Waals surface area contributed by atoms with Crippen LogP contribution in [0.15, 0.2) is 30.3 Å². The van der Waals surface area contributed by atoms with E-state index in [9.17, 15) is 0 Å². The highest BCUT2D eigenvalue weighted by atomic mass is 32.1. The minimum atomic E-state index is 0.469. The Morgan fingerprint density at radius 3 is 2.48 bits per heavy atom. The summed E-state index contributed by atoms with van der Waals surface area (Å²) < 4.78 is 0. The third-order valence-electron chi connectivity index (χ3n) is 3.48. The monoisotopic (exact) mass is 303 g/mol. The van der Waals surface area contributed by atoms with Gasteiger partial charge in [-0.1, -0.05) is 48.6 Å². The van der Waals surface area contributed by atoms with Gasteiger partial charge in [-0.05, 0) is 27.3 Å². The first-order valence-corrected chi connectivity index (χ1v) is 8.51. The van der Waals surface area contributed by atoms with Crippen LogP contribution in [0.3, 0.4) is 0 Å². The Bertz CT molecular complexity index is 548. The Kier molecular flexibility index (Phi) is 5.76. The van der Waals surface area contributed by atoms with Gasteiger partial charge in [0.1, 0.15) is 0 Å². The molecule has 0 saturated carbocycles. The van der Waals surface area contributed by atoms with E-state index in [0.717, 1.165) is 30.5 Å². The van der Waals surface area contributed by atoms with Crippen molar-refractivity contribution in [3.8, 4) is 11.3 Å². The van der Waals surface area contributed by atoms with E-state index >= 15 is 0 Å². The van der Waals surface area contributed by atoms with Gasteiger partial charge in [0.15, 0.2) is 5.13 Å². The largest absolute Gasteiger partial charge is 0.346 e. The Hall–Kier alpha value is -1.39. The van der Waals surface area contributed by atoms with Crippen LogP contribution in [0.2, 0.25) is 0 Å². The Morgan fingerprint density at radius 1 is 1.19 bits per heavy atom. The molecule has 21 heavy (non-hydrogen) atoms. The van der Waals surface area contributed by atoms with Crippen molar-refractivity contribution in [2.75, 3.05) is 18.0 Å². The summed E-state index contributed by atoms with van der Waals surface area (Å²) in [6, 6.07) is 10.9. The average Bonchev–Trinajstić information content (AvgIpc) is 2.90. The lowest BCUT2D eigenvalue weighted by molar-refractivity contribution is 0.701. The quantitative estimate of drug-likeness (QED) is 0.832. The Morgan fingerprint density at radius 2 is 1.90 bits per heavy atom. The highest BCUT2D eigenvalue weighted by Crippen LogP contribution is 2.33. The molecule has 3 nitrogen and oxygen atoms in total. The molecule has 2 rings (SSSR count). The van der Waals surface area contributed by atoms with E-state index in [0.29, 0.717) is 6.04 Å². The average molecular weight is 303 g/mol. The van der Waals surface area contributed by atoms with Crippen molar-refractivity contribution >= 4 is 16.5 Å². The van der Waals surface area contributed by atoms with Crippen molar-refractivity contribution in [1.29, 1.82) is 0 Å². The van der Waals surface area contributed by atoms with Crippen molar-refractivity contribution < 1.29 is 0 Å². The van der Waals surface area contributed by atoms with Crippen molar-refractivity contribution in [3.05, 3.63) is 35.2 Å².